The molecule has 2 aliphatic heterocycles. The number of rotatable bonds is 3. The monoisotopic (exact) mass is 458 g/mol. The number of hydrogen-bond donors (Lipinski definition) is 0. The second-order valence-electron chi connectivity index (χ2n) is 8.02. The summed E-state index contributed by atoms with van der Waals surface area (Å²) in [5.74, 6) is 1.41. The summed E-state index contributed by atoms with van der Waals surface area (Å²) in [6.45, 7) is 3.30. The lowest BCUT2D eigenvalue weighted by Gasteiger charge is -2.26. The molecular weight excluding hydrogens is 437 g/mol. The normalized spacial score (nSPS) is 17.9. The number of carbonyl (C=O) groups excluding carboxylic acids is 1. The number of halogens is 3. The van der Waals surface area contributed by atoms with Crippen LogP contribution in [-0.2, 0) is 6.18 Å². The number of ether oxygens (including phenoxy) is 2. The van der Waals surface area contributed by atoms with E-state index >= 15 is 0 Å². The van der Waals surface area contributed by atoms with E-state index in [1.54, 1.807) is 11.8 Å². The lowest BCUT2D eigenvalue weighted by Crippen LogP contribution is -2.31. The quantitative estimate of drug-likeness (QED) is 0.584. The van der Waals surface area contributed by atoms with Gasteiger partial charge in [0.25, 0.3) is 5.91 Å². The summed E-state index contributed by atoms with van der Waals surface area (Å²) in [5.41, 5.74) is 1.03. The average molecular weight is 458 g/mol. The van der Waals surface area contributed by atoms with E-state index < -0.39 is 11.7 Å². The van der Waals surface area contributed by atoms with Crippen LogP contribution >= 0.6 is 0 Å². The first-order chi connectivity index (χ1) is 15.8. The smallest absolute Gasteiger partial charge is 0.417 e. The molecule has 0 spiro atoms. The van der Waals surface area contributed by atoms with Crippen molar-refractivity contribution in [3.05, 3.63) is 65.1 Å². The number of alkyl halides is 3. The summed E-state index contributed by atoms with van der Waals surface area (Å²) in [6.07, 6.45) is -0.589. The summed E-state index contributed by atoms with van der Waals surface area (Å²) in [7, 11) is 0. The van der Waals surface area contributed by atoms with Crippen LogP contribution in [0.5, 0.6) is 11.5 Å². The lowest BCUT2D eigenvalue weighted by atomic mass is 10.0. The molecule has 33 heavy (non-hydrogen) atoms. The van der Waals surface area contributed by atoms with E-state index in [-0.39, 0.29) is 17.8 Å². The zero-order valence-electron chi connectivity index (χ0n) is 17.8. The Bertz CT molecular complexity index is 1190. The Balaban J connectivity index is 1.40. The highest BCUT2D eigenvalue weighted by Crippen LogP contribution is 2.39. The maximum Gasteiger partial charge on any atom is 0.417 e. The van der Waals surface area contributed by atoms with E-state index in [4.69, 9.17) is 9.47 Å². The number of hydrogen-bond acceptors (Lipinski definition) is 5. The van der Waals surface area contributed by atoms with Crippen molar-refractivity contribution in [1.29, 1.82) is 0 Å². The fourth-order valence-corrected chi connectivity index (χ4v) is 4.31. The summed E-state index contributed by atoms with van der Waals surface area (Å²) in [5, 5.41) is 4.21. The fourth-order valence-electron chi connectivity index (χ4n) is 4.31. The van der Waals surface area contributed by atoms with E-state index in [0.29, 0.717) is 42.5 Å². The molecule has 5 rings (SSSR count). The van der Waals surface area contributed by atoms with Crippen molar-refractivity contribution in [3.63, 3.8) is 0 Å². The van der Waals surface area contributed by atoms with Crippen molar-refractivity contribution in [2.24, 2.45) is 0 Å². The van der Waals surface area contributed by atoms with Gasteiger partial charge in [0, 0.05) is 12.7 Å². The molecular formula is C23H21F3N4O3. The van der Waals surface area contributed by atoms with Crippen LogP contribution in [0.4, 0.5) is 13.2 Å². The van der Waals surface area contributed by atoms with Crippen LogP contribution in [0, 0.1) is 6.92 Å². The topological polar surface area (TPSA) is 69.5 Å². The lowest BCUT2D eigenvalue weighted by molar-refractivity contribution is -0.137. The first-order valence-corrected chi connectivity index (χ1v) is 10.6. The van der Waals surface area contributed by atoms with Crippen molar-refractivity contribution in [2.45, 2.75) is 32.0 Å². The van der Waals surface area contributed by atoms with Crippen LogP contribution in [0.1, 0.15) is 46.1 Å². The molecule has 172 valence electrons. The van der Waals surface area contributed by atoms with Gasteiger partial charge < -0.3 is 14.4 Å². The summed E-state index contributed by atoms with van der Waals surface area (Å²) in [4.78, 5) is 19.1. The van der Waals surface area contributed by atoms with Gasteiger partial charge in [-0.1, -0.05) is 6.07 Å². The maximum atomic E-state index is 13.4. The molecule has 3 aromatic rings. The van der Waals surface area contributed by atoms with Gasteiger partial charge in [0.2, 0.25) is 0 Å². The van der Waals surface area contributed by atoms with Crippen LogP contribution in [0.3, 0.4) is 0 Å². The molecule has 7 nitrogen and oxygen atoms in total. The second kappa shape index (κ2) is 8.09. The molecule has 1 amide bonds. The number of nitrogens with zero attached hydrogens (tertiary/aromatic N) is 4. The molecule has 0 aliphatic carbocycles. The minimum Gasteiger partial charge on any atom is -0.486 e. The van der Waals surface area contributed by atoms with Gasteiger partial charge in [-0.15, -0.1) is 0 Å². The number of carbonyl (C=O) groups is 1. The summed E-state index contributed by atoms with van der Waals surface area (Å²) in [6, 6.07) is 7.82. The first kappa shape index (κ1) is 21.3. The molecule has 1 saturated heterocycles. The highest BCUT2D eigenvalue weighted by Gasteiger charge is 2.34. The molecule has 0 N–H and O–H groups in total. The van der Waals surface area contributed by atoms with Crippen molar-refractivity contribution >= 4 is 5.91 Å². The Labute approximate surface area is 187 Å². The van der Waals surface area contributed by atoms with Crippen LogP contribution in [0.2, 0.25) is 0 Å². The molecule has 1 aromatic carbocycles. The molecule has 10 heteroatoms. The number of amides is 1. The van der Waals surface area contributed by atoms with Crippen molar-refractivity contribution in [1.82, 2.24) is 19.7 Å². The first-order valence-electron chi connectivity index (χ1n) is 10.6. The van der Waals surface area contributed by atoms with Gasteiger partial charge in [-0.25, -0.2) is 9.67 Å². The van der Waals surface area contributed by atoms with Crippen LogP contribution in [-0.4, -0.2) is 45.3 Å². The Morgan fingerprint density at radius 3 is 2.61 bits per heavy atom. The fraction of sp³-hybridized carbons (Fsp3) is 0.348. The van der Waals surface area contributed by atoms with Crippen LogP contribution in [0.15, 0.2) is 42.7 Å². The third kappa shape index (κ3) is 3.90. The number of likely N-dealkylation sites (tertiary alicyclic amines) is 1. The average Bonchev–Trinajstić information content (AvgIpc) is 3.45. The van der Waals surface area contributed by atoms with Crippen LogP contribution in [0.25, 0.3) is 5.82 Å². The minimum atomic E-state index is -4.47. The molecule has 0 unspecified atom stereocenters. The SMILES string of the molecule is Cc1c(C(=O)N2CCC[C@@H]2c2ccc3c(c2)OCCO3)cnn1-c1ccc(C(F)(F)F)cn1. The van der Waals surface area contributed by atoms with Gasteiger partial charge in [-0.3, -0.25) is 4.79 Å². The largest absolute Gasteiger partial charge is 0.486 e. The zero-order chi connectivity index (χ0) is 23.2. The Hall–Kier alpha value is -3.56. The Morgan fingerprint density at radius 2 is 1.88 bits per heavy atom. The Morgan fingerprint density at radius 1 is 1.09 bits per heavy atom. The van der Waals surface area contributed by atoms with Crippen LogP contribution < -0.4 is 9.47 Å². The van der Waals surface area contributed by atoms with E-state index in [2.05, 4.69) is 10.1 Å². The maximum absolute atomic E-state index is 13.4. The number of benzene rings is 1. The minimum absolute atomic E-state index is 0.111. The standard InChI is InChI=1S/C23H21F3N4O3/c1-14-17(13-28-30(14)21-7-5-16(12-27-21)23(24,25)26)22(31)29-8-2-3-18(29)15-4-6-19-20(11-15)33-10-9-32-19/h4-7,11-13,18H,2-3,8-10H2,1H3/t18-/m1/s1. The van der Waals surface area contributed by atoms with Gasteiger partial charge in [0.1, 0.15) is 13.2 Å². The van der Waals surface area contributed by atoms with E-state index in [9.17, 15) is 18.0 Å². The zero-order valence-corrected chi connectivity index (χ0v) is 17.8. The molecule has 0 radical (unpaired) electrons. The van der Waals surface area contributed by atoms with Crippen molar-refractivity contribution in [3.8, 4) is 17.3 Å². The van der Waals surface area contributed by atoms with E-state index in [1.807, 2.05) is 18.2 Å². The summed E-state index contributed by atoms with van der Waals surface area (Å²) >= 11 is 0. The number of pyridine rings is 1. The highest BCUT2D eigenvalue weighted by atomic mass is 19.4. The molecule has 2 aromatic heterocycles. The number of aromatic nitrogens is 3. The third-order valence-electron chi connectivity index (χ3n) is 6.00. The van der Waals surface area contributed by atoms with Crippen molar-refractivity contribution in [2.75, 3.05) is 19.8 Å². The van der Waals surface area contributed by atoms with E-state index in [1.165, 1.54) is 16.9 Å². The Kier molecular flexibility index (Phi) is 5.22. The number of fused-ring (bicyclic) bond motifs is 1. The van der Waals surface area contributed by atoms with Gasteiger partial charge in [0.15, 0.2) is 17.3 Å². The third-order valence-corrected chi connectivity index (χ3v) is 6.00. The van der Waals surface area contributed by atoms with Gasteiger partial charge in [0.05, 0.1) is 29.1 Å². The molecule has 1 atom stereocenters. The van der Waals surface area contributed by atoms with Gasteiger partial charge >= 0.3 is 6.18 Å². The molecule has 2 aliphatic rings. The molecule has 1 fully saturated rings. The van der Waals surface area contributed by atoms with Gasteiger partial charge in [-0.05, 0) is 49.6 Å². The predicted molar refractivity (Wildman–Crippen MR) is 112 cm³/mol. The molecule has 0 bridgehead atoms. The van der Waals surface area contributed by atoms with E-state index in [0.717, 1.165) is 30.7 Å². The second-order valence-corrected chi connectivity index (χ2v) is 8.02. The predicted octanol–water partition coefficient (Wildman–Crippen LogP) is 4.34. The summed E-state index contributed by atoms with van der Waals surface area (Å²) < 4.78 is 51.1. The molecule has 4 heterocycles. The van der Waals surface area contributed by atoms with Crippen molar-refractivity contribution < 1.29 is 27.4 Å². The highest BCUT2D eigenvalue weighted by molar-refractivity contribution is 5.95. The van der Waals surface area contributed by atoms with Gasteiger partial charge in [-0.2, -0.15) is 18.3 Å². The molecule has 0 saturated carbocycles.